The van der Waals surface area contributed by atoms with Gasteiger partial charge in [0.1, 0.15) is 12.2 Å². The summed E-state index contributed by atoms with van der Waals surface area (Å²) in [5, 5.41) is 10.7. The highest BCUT2D eigenvalue weighted by Gasteiger charge is 2.64. The first-order chi connectivity index (χ1) is 11.7. The van der Waals surface area contributed by atoms with Crippen LogP contribution < -0.4 is 9.47 Å². The number of piperidine rings is 1. The molecular formula is C18H21NO3. The number of hydrogen-bond donors (Lipinski definition) is 1. The molecule has 1 N–H and O–H groups in total. The van der Waals surface area contributed by atoms with Crippen LogP contribution in [-0.4, -0.2) is 48.9 Å². The fourth-order valence-corrected chi connectivity index (χ4v) is 4.61. The van der Waals surface area contributed by atoms with E-state index in [2.05, 4.69) is 0 Å². The topological polar surface area (TPSA) is 41.9 Å². The number of hydrogen-bond acceptors (Lipinski definition) is 4. The highest BCUT2D eigenvalue weighted by molar-refractivity contribution is 5.62. The minimum Gasteiger partial charge on any atom is -0.493 e. The minimum absolute atomic E-state index is 0.376. The third kappa shape index (κ3) is 1.28. The first kappa shape index (κ1) is 10.3. The summed E-state index contributed by atoms with van der Waals surface area (Å²) >= 11 is 0. The summed E-state index contributed by atoms with van der Waals surface area (Å²) in [7, 11) is 3.42. The van der Waals surface area contributed by atoms with E-state index in [1.165, 1.54) is 6.08 Å². The molecule has 5 rings (SSSR count). The van der Waals surface area contributed by atoms with Gasteiger partial charge in [-0.1, -0.05) is 18.2 Å². The van der Waals surface area contributed by atoms with Gasteiger partial charge in [0.05, 0.1) is 8.48 Å². The molecule has 4 nitrogen and oxygen atoms in total. The SMILES string of the molecule is [2H]C12Oc3c(OC)ccc4c3[C@@]13CCN(C)[C@]([2H])(C4)[C@]3([2H])C=CC2O. The normalized spacial score (nSPS) is 53.0. The second-order valence-corrected chi connectivity index (χ2v) is 6.52. The third-order valence-electron chi connectivity index (χ3n) is 5.61. The zero-order valence-corrected chi connectivity index (χ0v) is 12.7. The fraction of sp³-hybridized carbons (Fsp3) is 0.556. The predicted octanol–water partition coefficient (Wildman–Crippen LogP) is 1.50. The van der Waals surface area contributed by atoms with E-state index in [9.17, 15) is 7.85 Å². The van der Waals surface area contributed by atoms with E-state index in [1.54, 1.807) is 19.3 Å². The van der Waals surface area contributed by atoms with Crippen molar-refractivity contribution in [2.45, 2.75) is 36.5 Å². The van der Waals surface area contributed by atoms with Crippen LogP contribution in [0.2, 0.25) is 0 Å². The van der Waals surface area contributed by atoms with Crippen LogP contribution in [0.5, 0.6) is 11.5 Å². The Morgan fingerprint density at radius 3 is 3.14 bits per heavy atom. The number of rotatable bonds is 1. The summed E-state index contributed by atoms with van der Waals surface area (Å²) in [6.07, 6.45) is 1.05. The number of aliphatic hydroxyl groups is 1. The molecule has 22 heavy (non-hydrogen) atoms. The van der Waals surface area contributed by atoms with Crippen LogP contribution in [0.4, 0.5) is 0 Å². The number of methoxy groups -OCH3 is 1. The molecule has 2 aliphatic carbocycles. The van der Waals surface area contributed by atoms with Crippen molar-refractivity contribution in [2.75, 3.05) is 20.7 Å². The monoisotopic (exact) mass is 302 g/mol. The third-order valence-corrected chi connectivity index (χ3v) is 5.61. The molecule has 1 aromatic carbocycles. The number of likely N-dealkylation sites (N-methyl/N-ethyl adjacent to an activating group) is 1. The van der Waals surface area contributed by atoms with Gasteiger partial charge in [-0.2, -0.15) is 0 Å². The van der Waals surface area contributed by atoms with E-state index in [0.29, 0.717) is 30.9 Å². The fourth-order valence-electron chi connectivity index (χ4n) is 4.61. The summed E-state index contributed by atoms with van der Waals surface area (Å²) in [5.74, 6) is -0.417. The summed E-state index contributed by atoms with van der Waals surface area (Å²) < 4.78 is 39.2. The molecule has 2 unspecified atom stereocenters. The molecule has 0 amide bonds. The lowest BCUT2D eigenvalue weighted by Gasteiger charge is -2.56. The van der Waals surface area contributed by atoms with Crippen molar-refractivity contribution >= 4 is 0 Å². The molecule has 4 aliphatic rings. The summed E-state index contributed by atoms with van der Waals surface area (Å²) in [4.78, 5) is 1.90. The zero-order valence-electron chi connectivity index (χ0n) is 15.7. The van der Waals surface area contributed by atoms with Crippen molar-refractivity contribution in [1.29, 1.82) is 0 Å². The molecular weight excluding hydrogens is 278 g/mol. The highest BCUT2D eigenvalue weighted by atomic mass is 16.5. The molecule has 0 aromatic heterocycles. The summed E-state index contributed by atoms with van der Waals surface area (Å²) in [6.45, 7) is 0.574. The van der Waals surface area contributed by atoms with Crippen molar-refractivity contribution in [3.8, 4) is 11.5 Å². The van der Waals surface area contributed by atoms with E-state index >= 15 is 0 Å². The lowest BCUT2D eigenvalue weighted by molar-refractivity contribution is -0.0453. The average molecular weight is 302 g/mol. The Morgan fingerprint density at radius 1 is 1.45 bits per heavy atom. The quantitative estimate of drug-likeness (QED) is 0.798. The van der Waals surface area contributed by atoms with Crippen LogP contribution in [0.1, 0.15) is 21.7 Å². The van der Waals surface area contributed by atoms with E-state index in [1.807, 2.05) is 18.0 Å². The Bertz CT molecular complexity index is 832. The lowest BCUT2D eigenvalue weighted by Crippen LogP contribution is -2.64. The molecule has 1 aromatic rings. The molecule has 4 heteroatoms. The second-order valence-electron chi connectivity index (χ2n) is 6.52. The first-order valence-electron chi connectivity index (χ1n) is 9.23. The largest absolute Gasteiger partial charge is 0.493 e. The van der Waals surface area contributed by atoms with Crippen LogP contribution >= 0.6 is 0 Å². The Balaban J connectivity index is 1.94. The van der Waals surface area contributed by atoms with Gasteiger partial charge in [-0.3, -0.25) is 0 Å². The maximum absolute atomic E-state index is 10.7. The molecule has 2 heterocycles. The average Bonchev–Trinajstić information content (AvgIpc) is 2.86. The molecule has 116 valence electrons. The molecule has 5 atom stereocenters. The van der Waals surface area contributed by atoms with E-state index in [4.69, 9.17) is 10.8 Å². The number of nitrogens with zero attached hydrogens (tertiary/aromatic N) is 1. The second kappa shape index (κ2) is 4.06. The standard InChI is InChI=1S/C18H21NO3/c1-19-8-7-18-11-4-5-13(20)17(18)22-16-14(21-2)6-3-10(15(16)18)9-12(11)19/h3-6,11-13,17,20H,7-9H2,1-2H3/t11-,12+,13?,17?,18-/m0/s1/i11D,12D,17D. The Morgan fingerprint density at radius 2 is 2.32 bits per heavy atom. The predicted molar refractivity (Wildman–Crippen MR) is 82.5 cm³/mol. The van der Waals surface area contributed by atoms with Gasteiger partial charge in [-0.25, -0.2) is 0 Å². The van der Waals surface area contributed by atoms with Crippen molar-refractivity contribution < 1.29 is 18.7 Å². The van der Waals surface area contributed by atoms with Gasteiger partial charge >= 0.3 is 0 Å². The highest BCUT2D eigenvalue weighted by Crippen LogP contribution is 2.62. The van der Waals surface area contributed by atoms with Crippen LogP contribution in [0.15, 0.2) is 24.3 Å². The number of aliphatic hydroxyl groups excluding tert-OH is 1. The first-order valence-corrected chi connectivity index (χ1v) is 7.73. The van der Waals surface area contributed by atoms with Crippen LogP contribution in [0, 0.1) is 5.89 Å². The minimum atomic E-state index is -1.73. The van der Waals surface area contributed by atoms with Crippen molar-refractivity contribution in [2.24, 2.45) is 5.89 Å². The molecule has 1 spiro atoms. The van der Waals surface area contributed by atoms with Crippen LogP contribution in [0.3, 0.4) is 0 Å². The molecule has 1 saturated heterocycles. The van der Waals surface area contributed by atoms with E-state index in [-0.39, 0.29) is 0 Å². The van der Waals surface area contributed by atoms with Gasteiger partial charge in [0.15, 0.2) is 11.5 Å². The van der Waals surface area contributed by atoms with Crippen LogP contribution in [0.25, 0.3) is 0 Å². The number of benzene rings is 1. The zero-order chi connectivity index (χ0) is 17.8. The van der Waals surface area contributed by atoms with Gasteiger partial charge in [0.25, 0.3) is 0 Å². The summed E-state index contributed by atoms with van der Waals surface area (Å²) in [6, 6.07) is 2.49. The van der Waals surface area contributed by atoms with Gasteiger partial charge in [-0.15, -0.1) is 0 Å². The molecule has 2 bridgehead atoms. The van der Waals surface area contributed by atoms with E-state index in [0.717, 1.165) is 11.1 Å². The van der Waals surface area contributed by atoms with Gasteiger partial charge in [0, 0.05) is 25.6 Å². The molecule has 0 saturated carbocycles. The summed E-state index contributed by atoms with van der Waals surface area (Å²) in [5.41, 5.74) is 0.605. The smallest absolute Gasteiger partial charge is 0.165 e. The Kier molecular flexibility index (Phi) is 1.90. The maximum atomic E-state index is 10.7. The van der Waals surface area contributed by atoms with Gasteiger partial charge < -0.3 is 19.5 Å². The van der Waals surface area contributed by atoms with Crippen LogP contribution in [-0.2, 0) is 11.8 Å². The Labute approximate surface area is 134 Å². The van der Waals surface area contributed by atoms with Crippen molar-refractivity contribution in [3.05, 3.63) is 35.4 Å². The molecule has 2 aliphatic heterocycles. The number of likely N-dealkylation sites (tertiary alicyclic amines) is 1. The maximum Gasteiger partial charge on any atom is 0.165 e. The van der Waals surface area contributed by atoms with Crippen molar-refractivity contribution in [3.63, 3.8) is 0 Å². The molecule has 0 radical (unpaired) electrons. The van der Waals surface area contributed by atoms with Gasteiger partial charge in [0.2, 0.25) is 0 Å². The molecule has 1 fully saturated rings. The number of ether oxygens (including phenoxy) is 2. The van der Waals surface area contributed by atoms with Crippen molar-refractivity contribution in [1.82, 2.24) is 4.90 Å². The lowest BCUT2D eigenvalue weighted by atomic mass is 9.53. The van der Waals surface area contributed by atoms with E-state index < -0.39 is 29.5 Å². The Hall–Kier alpha value is -1.52. The van der Waals surface area contributed by atoms with Gasteiger partial charge in [-0.05, 0) is 38.1 Å².